The van der Waals surface area contributed by atoms with Gasteiger partial charge in [-0.2, -0.15) is 35.1 Å². The largest absolute Gasteiger partial charge is 0.457 e. The van der Waals surface area contributed by atoms with Gasteiger partial charge in [0.05, 0.1) is 0 Å². The van der Waals surface area contributed by atoms with Crippen molar-refractivity contribution in [3.8, 4) is 11.5 Å². The van der Waals surface area contributed by atoms with Crippen molar-refractivity contribution in [2.75, 3.05) is 17.7 Å². The summed E-state index contributed by atoms with van der Waals surface area (Å²) in [6, 6.07) is 8.64. The van der Waals surface area contributed by atoms with Crippen LogP contribution in [0.1, 0.15) is 16.1 Å². The molecule has 0 saturated carbocycles. The Bertz CT molecular complexity index is 1380. The van der Waals surface area contributed by atoms with E-state index in [0.29, 0.717) is 6.07 Å². The molecule has 40 heavy (non-hydrogen) atoms. The number of aromatic nitrogens is 1. The molecule has 3 amide bonds. The van der Waals surface area contributed by atoms with Crippen molar-refractivity contribution in [2.45, 2.75) is 23.9 Å². The second-order valence-corrected chi connectivity index (χ2v) is 7.97. The second-order valence-electron chi connectivity index (χ2n) is 7.97. The minimum atomic E-state index is -6.88. The molecule has 3 N–H and O–H groups in total. The number of carbonyl (C=O) groups is 2. The Labute approximate surface area is 219 Å². The average molecular weight is 580 g/mol. The van der Waals surface area contributed by atoms with Gasteiger partial charge >= 0.3 is 30.0 Å². The van der Waals surface area contributed by atoms with Crippen molar-refractivity contribution >= 4 is 23.3 Å². The predicted molar refractivity (Wildman–Crippen MR) is 123 cm³/mol. The fourth-order valence-electron chi connectivity index (χ4n) is 3.29. The van der Waals surface area contributed by atoms with Gasteiger partial charge in [0, 0.05) is 36.2 Å². The normalized spacial score (nSPS) is 13.7. The lowest BCUT2D eigenvalue weighted by Crippen LogP contribution is -2.59. The van der Waals surface area contributed by atoms with E-state index in [1.54, 1.807) is 0 Å². The third-order valence-electron chi connectivity index (χ3n) is 5.24. The fraction of sp³-hybridized carbons (Fsp3) is 0.208. The van der Waals surface area contributed by atoms with Gasteiger partial charge in [-0.1, -0.05) is 12.1 Å². The molecule has 0 fully saturated rings. The van der Waals surface area contributed by atoms with Crippen molar-refractivity contribution in [2.24, 2.45) is 0 Å². The van der Waals surface area contributed by atoms with Gasteiger partial charge in [-0.3, -0.25) is 9.78 Å². The van der Waals surface area contributed by atoms with Crippen molar-refractivity contribution in [3.63, 3.8) is 0 Å². The maximum atomic E-state index is 14.7. The number of pyridine rings is 1. The molecule has 0 aliphatic heterocycles. The molecule has 2 aromatic carbocycles. The van der Waals surface area contributed by atoms with Gasteiger partial charge in [-0.05, 0) is 42.5 Å². The number of halogens is 9. The lowest BCUT2D eigenvalue weighted by molar-refractivity contribution is -0.389. The maximum absolute atomic E-state index is 14.7. The van der Waals surface area contributed by atoms with Crippen LogP contribution >= 0.6 is 0 Å². The third kappa shape index (κ3) is 6.05. The molecule has 1 heterocycles. The van der Waals surface area contributed by atoms with Crippen LogP contribution in [0, 0.1) is 0 Å². The van der Waals surface area contributed by atoms with E-state index in [0.717, 1.165) is 6.07 Å². The molecule has 3 aromatic rings. The first kappa shape index (κ1) is 30.0. The van der Waals surface area contributed by atoms with Crippen molar-refractivity contribution in [1.29, 1.82) is 0 Å². The van der Waals surface area contributed by atoms with Crippen LogP contribution in [-0.2, 0) is 5.67 Å². The number of urea groups is 1. The number of nitrogens with one attached hydrogen (secondary N) is 3. The van der Waals surface area contributed by atoms with Crippen LogP contribution in [0.4, 0.5) is 55.7 Å². The average Bonchev–Trinajstić information content (AvgIpc) is 2.87. The van der Waals surface area contributed by atoms with Gasteiger partial charge in [-0.15, -0.1) is 0 Å². The third-order valence-corrected chi connectivity index (χ3v) is 5.24. The quantitative estimate of drug-likeness (QED) is 0.268. The molecule has 0 aliphatic rings. The monoisotopic (exact) mass is 580 g/mol. The minimum absolute atomic E-state index is 0.0193. The van der Waals surface area contributed by atoms with Crippen LogP contribution in [0.15, 0.2) is 66.9 Å². The Morgan fingerprint density at radius 1 is 0.750 bits per heavy atom. The van der Waals surface area contributed by atoms with Gasteiger partial charge in [0.1, 0.15) is 17.2 Å². The van der Waals surface area contributed by atoms with E-state index in [4.69, 9.17) is 4.74 Å². The van der Waals surface area contributed by atoms with E-state index in [2.05, 4.69) is 15.6 Å². The summed E-state index contributed by atoms with van der Waals surface area (Å²) < 4.78 is 126. The topological polar surface area (TPSA) is 92.4 Å². The zero-order valence-electron chi connectivity index (χ0n) is 19.9. The number of anilines is 2. The molecular weight excluding hydrogens is 563 g/mol. The summed E-state index contributed by atoms with van der Waals surface area (Å²) in [5, 5.41) is 6.57. The summed E-state index contributed by atoms with van der Waals surface area (Å²) in [4.78, 5) is 27.8. The van der Waals surface area contributed by atoms with Gasteiger partial charge in [-0.25, -0.2) is 9.18 Å². The molecular formula is C24H17F9N4O3. The summed E-state index contributed by atoms with van der Waals surface area (Å²) in [6.45, 7) is 0. The molecule has 1 unspecified atom stereocenters. The molecule has 7 nitrogen and oxygen atoms in total. The highest BCUT2D eigenvalue weighted by atomic mass is 19.4. The zero-order valence-corrected chi connectivity index (χ0v) is 19.9. The lowest BCUT2D eigenvalue weighted by Gasteiger charge is -2.36. The Morgan fingerprint density at radius 2 is 1.38 bits per heavy atom. The van der Waals surface area contributed by atoms with Crippen LogP contribution in [0.2, 0.25) is 0 Å². The Morgan fingerprint density at radius 3 is 1.95 bits per heavy atom. The van der Waals surface area contributed by atoms with Crippen LogP contribution in [0.5, 0.6) is 11.5 Å². The lowest BCUT2D eigenvalue weighted by atomic mass is 9.87. The molecule has 0 spiro atoms. The van der Waals surface area contributed by atoms with E-state index in [1.807, 2.05) is 5.32 Å². The first-order valence-electron chi connectivity index (χ1n) is 10.8. The molecule has 0 saturated heterocycles. The first-order valence-corrected chi connectivity index (χ1v) is 10.8. The summed E-state index contributed by atoms with van der Waals surface area (Å²) in [7, 11) is 1.42. The van der Waals surface area contributed by atoms with Crippen LogP contribution in [0.3, 0.4) is 0 Å². The highest BCUT2D eigenvalue weighted by Crippen LogP contribution is 2.58. The minimum Gasteiger partial charge on any atom is -0.457 e. The van der Waals surface area contributed by atoms with E-state index < -0.39 is 47.1 Å². The summed E-state index contributed by atoms with van der Waals surface area (Å²) in [5.74, 6) is -6.79. The number of rotatable bonds is 7. The summed E-state index contributed by atoms with van der Waals surface area (Å²) in [6.07, 6.45) is -12.2. The number of carbonyl (C=O) groups excluding carboxylic acids is 2. The van der Waals surface area contributed by atoms with Crippen LogP contribution in [-0.4, -0.2) is 42.2 Å². The van der Waals surface area contributed by atoms with Crippen LogP contribution in [0.25, 0.3) is 0 Å². The number of ether oxygens (including phenoxy) is 1. The molecule has 1 atom stereocenters. The maximum Gasteiger partial charge on any atom is 0.457 e. The number of benzene rings is 2. The molecule has 0 aliphatic carbocycles. The zero-order chi connectivity index (χ0) is 29.9. The van der Waals surface area contributed by atoms with Gasteiger partial charge in [0.25, 0.3) is 5.91 Å². The fourth-order valence-corrected chi connectivity index (χ4v) is 3.29. The van der Waals surface area contributed by atoms with Crippen LogP contribution < -0.4 is 20.7 Å². The molecule has 214 valence electrons. The smallest absolute Gasteiger partial charge is 0.457 e. The second kappa shape index (κ2) is 10.9. The number of nitrogens with zero attached hydrogens (tertiary/aromatic N) is 1. The van der Waals surface area contributed by atoms with E-state index >= 15 is 0 Å². The van der Waals surface area contributed by atoms with E-state index in [9.17, 15) is 49.1 Å². The molecule has 3 rings (SSSR count). The number of hydrogen-bond acceptors (Lipinski definition) is 4. The van der Waals surface area contributed by atoms with Crippen molar-refractivity contribution in [3.05, 3.63) is 78.1 Å². The highest BCUT2D eigenvalue weighted by Gasteiger charge is 2.81. The van der Waals surface area contributed by atoms with E-state index in [1.165, 1.54) is 49.6 Å². The number of amides is 3. The Balaban J connectivity index is 1.74. The Kier molecular flexibility index (Phi) is 8.22. The summed E-state index contributed by atoms with van der Waals surface area (Å²) >= 11 is 0. The van der Waals surface area contributed by atoms with E-state index in [-0.39, 0.29) is 35.0 Å². The molecule has 1 aromatic heterocycles. The van der Waals surface area contributed by atoms with Crippen molar-refractivity contribution in [1.82, 2.24) is 10.3 Å². The summed E-state index contributed by atoms with van der Waals surface area (Å²) in [5.41, 5.74) is -8.74. The van der Waals surface area contributed by atoms with Crippen molar-refractivity contribution < 1.29 is 53.8 Å². The van der Waals surface area contributed by atoms with Gasteiger partial charge < -0.3 is 20.7 Å². The highest BCUT2D eigenvalue weighted by molar-refractivity contribution is 5.99. The first-order chi connectivity index (χ1) is 18.5. The number of hydrogen-bond donors (Lipinski definition) is 3. The molecule has 0 radical (unpaired) electrons. The Hall–Kier alpha value is -4.50. The molecule has 0 bridgehead atoms. The van der Waals surface area contributed by atoms with Gasteiger partial charge in [0.15, 0.2) is 0 Å². The SMILES string of the molecule is CNC(=O)c1cc(Oc2ccc(NC(=O)Nc3cccc(C(F)(C(F)(F)F)C(F)(F)C(F)(F)F)c3)cc2)ccn1. The number of alkyl halides is 9. The predicted octanol–water partition coefficient (Wildman–Crippen LogP) is 6.80. The van der Waals surface area contributed by atoms with Gasteiger partial charge in [0.2, 0.25) is 0 Å². The molecule has 16 heteroatoms. The standard InChI is InChI=1S/C24H17F9N4O3/c1-34-19(38)18-12-17(9-10-35-18)40-16-7-5-14(6-8-16)36-20(39)37-15-4-2-3-13(11-15)21(25,23(28,29)30)22(26,27)24(31,32)33/h2-12H,1H3,(H,34,38)(H2,36,37,39).